The zero-order valence-corrected chi connectivity index (χ0v) is 9.72. The standard InChI is InChI=1S/C11H7ClN4O2/c12-7-5-6(1-2-8(7)17)11-15-10(16-18-11)9-13-3-4-14-9/h1-5,17H,(H,13,14). The Labute approximate surface area is 106 Å². The maximum atomic E-state index is 9.33. The molecule has 90 valence electrons. The van der Waals surface area contributed by atoms with Crippen molar-refractivity contribution >= 4 is 11.6 Å². The predicted octanol–water partition coefficient (Wildman–Crippen LogP) is 2.49. The van der Waals surface area contributed by atoms with Crippen molar-refractivity contribution in [3.05, 3.63) is 35.6 Å². The van der Waals surface area contributed by atoms with Gasteiger partial charge in [-0.15, -0.1) is 0 Å². The van der Waals surface area contributed by atoms with E-state index >= 15 is 0 Å². The summed E-state index contributed by atoms with van der Waals surface area (Å²) in [5.41, 5.74) is 0.628. The van der Waals surface area contributed by atoms with Crippen molar-refractivity contribution in [2.75, 3.05) is 0 Å². The first-order valence-corrected chi connectivity index (χ1v) is 5.44. The first-order chi connectivity index (χ1) is 8.74. The van der Waals surface area contributed by atoms with E-state index in [0.717, 1.165) is 0 Å². The van der Waals surface area contributed by atoms with Crippen molar-refractivity contribution in [3.63, 3.8) is 0 Å². The van der Waals surface area contributed by atoms with Gasteiger partial charge in [0.25, 0.3) is 5.89 Å². The minimum atomic E-state index is 0.00573. The average molecular weight is 263 g/mol. The zero-order chi connectivity index (χ0) is 12.5. The van der Waals surface area contributed by atoms with Gasteiger partial charge >= 0.3 is 0 Å². The third-order valence-corrected chi connectivity index (χ3v) is 2.63. The largest absolute Gasteiger partial charge is 0.506 e. The molecule has 0 aliphatic heterocycles. The smallest absolute Gasteiger partial charge is 0.258 e. The molecule has 18 heavy (non-hydrogen) atoms. The van der Waals surface area contributed by atoms with Gasteiger partial charge in [-0.3, -0.25) is 0 Å². The molecule has 7 heteroatoms. The second-order valence-electron chi connectivity index (χ2n) is 3.53. The lowest BCUT2D eigenvalue weighted by molar-refractivity contribution is 0.431. The topological polar surface area (TPSA) is 87.8 Å². The van der Waals surface area contributed by atoms with Crippen molar-refractivity contribution < 1.29 is 9.63 Å². The van der Waals surface area contributed by atoms with Crippen molar-refractivity contribution in [1.29, 1.82) is 0 Å². The second-order valence-corrected chi connectivity index (χ2v) is 3.93. The van der Waals surface area contributed by atoms with E-state index in [2.05, 4.69) is 20.1 Å². The lowest BCUT2D eigenvalue weighted by Gasteiger charge is -1.97. The quantitative estimate of drug-likeness (QED) is 0.741. The molecular weight excluding hydrogens is 256 g/mol. The summed E-state index contributed by atoms with van der Waals surface area (Å²) in [7, 11) is 0. The van der Waals surface area contributed by atoms with Crippen LogP contribution in [0.3, 0.4) is 0 Å². The summed E-state index contributed by atoms with van der Waals surface area (Å²) >= 11 is 5.81. The average Bonchev–Trinajstić information content (AvgIpc) is 3.01. The van der Waals surface area contributed by atoms with Crippen LogP contribution >= 0.6 is 11.6 Å². The number of aromatic amines is 1. The van der Waals surface area contributed by atoms with E-state index in [0.29, 0.717) is 23.1 Å². The number of hydrogen-bond donors (Lipinski definition) is 2. The van der Waals surface area contributed by atoms with Crippen molar-refractivity contribution in [2.24, 2.45) is 0 Å². The molecule has 3 aromatic rings. The highest BCUT2D eigenvalue weighted by molar-refractivity contribution is 6.32. The van der Waals surface area contributed by atoms with Gasteiger partial charge in [-0.1, -0.05) is 16.8 Å². The molecule has 2 aromatic heterocycles. The lowest BCUT2D eigenvalue weighted by Crippen LogP contribution is -1.83. The Bertz CT molecular complexity index is 678. The molecule has 0 aliphatic carbocycles. The van der Waals surface area contributed by atoms with E-state index in [-0.39, 0.29) is 10.8 Å². The summed E-state index contributed by atoms with van der Waals surface area (Å²) < 4.78 is 5.11. The number of benzene rings is 1. The number of rotatable bonds is 2. The second kappa shape index (κ2) is 4.15. The Morgan fingerprint density at radius 3 is 2.94 bits per heavy atom. The van der Waals surface area contributed by atoms with E-state index in [4.69, 9.17) is 16.1 Å². The molecule has 0 fully saturated rings. The summed E-state index contributed by atoms with van der Waals surface area (Å²) in [4.78, 5) is 11.1. The van der Waals surface area contributed by atoms with E-state index in [1.165, 1.54) is 6.07 Å². The molecule has 2 heterocycles. The van der Waals surface area contributed by atoms with Crippen molar-refractivity contribution in [2.45, 2.75) is 0 Å². The van der Waals surface area contributed by atoms with E-state index in [9.17, 15) is 5.11 Å². The van der Waals surface area contributed by atoms with Crippen LogP contribution < -0.4 is 0 Å². The van der Waals surface area contributed by atoms with Gasteiger partial charge < -0.3 is 14.6 Å². The lowest BCUT2D eigenvalue weighted by atomic mass is 10.2. The number of H-pyrrole nitrogens is 1. The van der Waals surface area contributed by atoms with Gasteiger partial charge in [0, 0.05) is 18.0 Å². The molecular formula is C11H7ClN4O2. The SMILES string of the molecule is Oc1ccc(-c2nc(-c3ncc[nH]3)no2)cc1Cl. The highest BCUT2D eigenvalue weighted by atomic mass is 35.5. The van der Waals surface area contributed by atoms with Gasteiger partial charge in [0.1, 0.15) is 5.75 Å². The Morgan fingerprint density at radius 2 is 2.22 bits per heavy atom. The van der Waals surface area contributed by atoms with Crippen LogP contribution in [0.5, 0.6) is 5.75 Å². The van der Waals surface area contributed by atoms with Crippen LogP contribution in [0, 0.1) is 0 Å². The maximum absolute atomic E-state index is 9.33. The van der Waals surface area contributed by atoms with Crippen LogP contribution in [0.4, 0.5) is 0 Å². The number of phenolic OH excluding ortho intramolecular Hbond substituents is 1. The fourth-order valence-electron chi connectivity index (χ4n) is 1.46. The minimum Gasteiger partial charge on any atom is -0.506 e. The van der Waals surface area contributed by atoms with E-state index in [1.807, 2.05) is 0 Å². The molecule has 3 rings (SSSR count). The van der Waals surface area contributed by atoms with E-state index < -0.39 is 0 Å². The highest BCUT2D eigenvalue weighted by Gasteiger charge is 2.13. The minimum absolute atomic E-state index is 0.00573. The number of imidazole rings is 1. The number of hydrogen-bond acceptors (Lipinski definition) is 5. The number of aromatic nitrogens is 4. The molecule has 0 saturated heterocycles. The number of aromatic hydroxyl groups is 1. The number of phenols is 1. The molecule has 0 radical (unpaired) electrons. The highest BCUT2D eigenvalue weighted by Crippen LogP contribution is 2.29. The summed E-state index contributed by atoms with van der Waals surface area (Å²) in [5, 5.41) is 13.4. The summed E-state index contributed by atoms with van der Waals surface area (Å²) in [6.45, 7) is 0. The Morgan fingerprint density at radius 1 is 1.33 bits per heavy atom. The van der Waals surface area contributed by atoms with Gasteiger partial charge in [0.15, 0.2) is 5.82 Å². The number of nitrogens with one attached hydrogen (secondary N) is 1. The summed E-state index contributed by atoms with van der Waals surface area (Å²) in [6, 6.07) is 4.66. The molecule has 6 nitrogen and oxygen atoms in total. The van der Waals surface area contributed by atoms with Gasteiger partial charge in [-0.25, -0.2) is 4.98 Å². The van der Waals surface area contributed by atoms with E-state index in [1.54, 1.807) is 24.5 Å². The molecule has 0 aliphatic rings. The first-order valence-electron chi connectivity index (χ1n) is 5.06. The van der Waals surface area contributed by atoms with Gasteiger partial charge in [0.2, 0.25) is 5.82 Å². The van der Waals surface area contributed by atoms with Crippen LogP contribution in [0.1, 0.15) is 0 Å². The van der Waals surface area contributed by atoms with Crippen LogP contribution in [0.15, 0.2) is 35.1 Å². The molecule has 0 bridgehead atoms. The molecule has 0 atom stereocenters. The Kier molecular flexibility index (Phi) is 2.49. The van der Waals surface area contributed by atoms with Crippen molar-refractivity contribution in [1.82, 2.24) is 20.1 Å². The Hall–Kier alpha value is -2.34. The number of nitrogens with zero attached hydrogens (tertiary/aromatic N) is 3. The molecule has 0 amide bonds. The molecule has 0 unspecified atom stereocenters. The molecule has 0 saturated carbocycles. The van der Waals surface area contributed by atoms with Crippen LogP contribution in [0.25, 0.3) is 23.1 Å². The van der Waals surface area contributed by atoms with Crippen LogP contribution in [-0.4, -0.2) is 25.2 Å². The Balaban J connectivity index is 2.00. The predicted molar refractivity (Wildman–Crippen MR) is 64.0 cm³/mol. The fourth-order valence-corrected chi connectivity index (χ4v) is 1.64. The van der Waals surface area contributed by atoms with Crippen molar-refractivity contribution in [3.8, 4) is 28.9 Å². The van der Waals surface area contributed by atoms with Gasteiger partial charge in [-0.2, -0.15) is 4.98 Å². The summed E-state index contributed by atoms with van der Waals surface area (Å²) in [5.74, 6) is 1.20. The number of halogens is 1. The third kappa shape index (κ3) is 1.82. The molecule has 1 aromatic carbocycles. The summed E-state index contributed by atoms with van der Waals surface area (Å²) in [6.07, 6.45) is 3.27. The fraction of sp³-hybridized carbons (Fsp3) is 0. The van der Waals surface area contributed by atoms with Crippen LogP contribution in [-0.2, 0) is 0 Å². The monoisotopic (exact) mass is 262 g/mol. The molecule has 2 N–H and O–H groups in total. The molecule has 0 spiro atoms. The van der Waals surface area contributed by atoms with Crippen LogP contribution in [0.2, 0.25) is 5.02 Å². The third-order valence-electron chi connectivity index (χ3n) is 2.33. The van der Waals surface area contributed by atoms with Gasteiger partial charge in [-0.05, 0) is 18.2 Å². The zero-order valence-electron chi connectivity index (χ0n) is 8.96. The normalized spacial score (nSPS) is 10.7. The first kappa shape index (κ1) is 10.8. The van der Waals surface area contributed by atoms with Gasteiger partial charge in [0.05, 0.1) is 5.02 Å². The maximum Gasteiger partial charge on any atom is 0.258 e.